The monoisotopic (exact) mass is 125 g/mol. The van der Waals surface area contributed by atoms with Gasteiger partial charge in [-0.15, -0.1) is 0 Å². The molecule has 0 spiro atoms. The summed E-state index contributed by atoms with van der Waals surface area (Å²) in [5, 5.41) is 0. The maximum absolute atomic E-state index is 8.38. The van der Waals surface area contributed by atoms with Crippen LogP contribution in [0.2, 0.25) is 0 Å². The Hall–Kier alpha value is 0.440. The topological polar surface area (TPSA) is 34.1 Å². The molecule has 0 atom stereocenters. The third kappa shape index (κ3) is 26.1. The van der Waals surface area contributed by atoms with Gasteiger partial charge in [0.2, 0.25) is 0 Å². The molecule has 0 amide bonds. The van der Waals surface area contributed by atoms with E-state index >= 15 is 0 Å². The second-order valence-corrected chi connectivity index (χ2v) is 0. The van der Waals surface area contributed by atoms with E-state index in [1.807, 2.05) is 0 Å². The van der Waals surface area contributed by atoms with E-state index in [2.05, 4.69) is 0 Å². The Morgan fingerprint density at radius 1 is 1.25 bits per heavy atom. The van der Waals surface area contributed by atoms with E-state index in [1.54, 1.807) is 0 Å². The molecule has 0 aromatic carbocycles. The van der Waals surface area contributed by atoms with E-state index in [0.717, 1.165) is 0 Å². The summed E-state index contributed by atoms with van der Waals surface area (Å²) < 4.78 is 16.5. The number of hydrogen-bond donors (Lipinski definition) is 0. The van der Waals surface area contributed by atoms with Crippen LogP contribution < -0.4 is 0 Å². The van der Waals surface area contributed by atoms with E-state index < -0.39 is 0 Å². The molecule has 0 unspecified atom stereocenters. The zero-order valence-corrected chi connectivity index (χ0v) is 6.22. The van der Waals surface area contributed by atoms with Crippen LogP contribution in [0.5, 0.6) is 0 Å². The molecule has 2 nitrogen and oxygen atoms in total. The predicted molar refractivity (Wildman–Crippen MR) is 8.52 cm³/mol. The minimum absolute atomic E-state index is 0.125. The molecule has 19 valence electrons. The van der Waals surface area contributed by atoms with Crippen LogP contribution in [-0.4, -0.2) is 10.1 Å². The Kier molecular flexibility index (Phi) is 233. The van der Waals surface area contributed by atoms with Gasteiger partial charge in [-0.1, -0.05) is 0 Å². The standard InChI is InChI=1S/HOSi.O.Zn/c1-2;;/h2H;;. The predicted octanol–water partition coefficient (Wildman–Crippen LogP) is -0.889. The SMILES string of the molecule is O=[SiH].[O]=[Zn]. The van der Waals surface area contributed by atoms with Crippen molar-refractivity contribution < 1.29 is 26.3 Å². The summed E-state index contributed by atoms with van der Waals surface area (Å²) in [7, 11) is 1.17. The minimum atomic E-state index is 0.125. The molecule has 0 bridgehead atoms. The molecular formula is HO2SiZn. The molecule has 0 saturated heterocycles. The summed E-state index contributed by atoms with van der Waals surface area (Å²) in [5.74, 6) is 0. The van der Waals surface area contributed by atoms with Crippen molar-refractivity contribution >= 4 is 10.1 Å². The van der Waals surface area contributed by atoms with Gasteiger partial charge >= 0.3 is 32.0 Å². The Bertz CT molecular complexity index is 8.00. The van der Waals surface area contributed by atoms with Crippen molar-refractivity contribution in [2.75, 3.05) is 0 Å². The molecule has 0 aliphatic heterocycles. The van der Waals surface area contributed by atoms with Crippen molar-refractivity contribution in [2.45, 2.75) is 0 Å². The van der Waals surface area contributed by atoms with Crippen LogP contribution in [0.3, 0.4) is 0 Å². The van der Waals surface area contributed by atoms with Crippen molar-refractivity contribution in [3.8, 4) is 0 Å². The Morgan fingerprint density at radius 3 is 1.25 bits per heavy atom. The third-order valence-corrected chi connectivity index (χ3v) is 0. The van der Waals surface area contributed by atoms with Crippen molar-refractivity contribution in [3.05, 3.63) is 0 Å². The molecule has 0 heterocycles. The molecule has 0 aliphatic carbocycles. The summed E-state index contributed by atoms with van der Waals surface area (Å²) in [6.45, 7) is 0. The van der Waals surface area contributed by atoms with Gasteiger partial charge in [0.15, 0.2) is 0 Å². The fourth-order valence-electron chi connectivity index (χ4n) is 0. The van der Waals surface area contributed by atoms with Gasteiger partial charge in [0, 0.05) is 0 Å². The van der Waals surface area contributed by atoms with Gasteiger partial charge in [-0.3, -0.25) is 0 Å². The zero-order chi connectivity index (χ0) is 4.00. The van der Waals surface area contributed by atoms with E-state index in [-0.39, 0.29) is 18.3 Å². The van der Waals surface area contributed by atoms with Crippen molar-refractivity contribution in [1.29, 1.82) is 0 Å². The third-order valence-electron chi connectivity index (χ3n) is 0. The Balaban J connectivity index is 0. The van der Waals surface area contributed by atoms with Crippen LogP contribution in [0, 0.1) is 0 Å². The summed E-state index contributed by atoms with van der Waals surface area (Å²) in [4.78, 5) is 0. The van der Waals surface area contributed by atoms with Crippen LogP contribution in [0.1, 0.15) is 0 Å². The first-order chi connectivity index (χ1) is 2.00. The molecule has 4 heavy (non-hydrogen) atoms. The quantitative estimate of drug-likeness (QED) is 0.395. The van der Waals surface area contributed by atoms with Crippen LogP contribution in [-0.2, 0) is 26.3 Å². The second-order valence-electron chi connectivity index (χ2n) is 0. The maximum atomic E-state index is 8.38. The van der Waals surface area contributed by atoms with Gasteiger partial charge in [0.25, 0.3) is 0 Å². The Labute approximate surface area is 37.0 Å². The molecular weight excluding hydrogens is 125 g/mol. The summed E-state index contributed by atoms with van der Waals surface area (Å²) in [6.07, 6.45) is 0. The molecule has 0 fully saturated rings. The van der Waals surface area contributed by atoms with E-state index in [4.69, 9.17) is 8.04 Å². The fourth-order valence-corrected chi connectivity index (χ4v) is 0. The van der Waals surface area contributed by atoms with Crippen LogP contribution >= 0.6 is 0 Å². The van der Waals surface area contributed by atoms with E-state index in [0.29, 0.717) is 0 Å². The van der Waals surface area contributed by atoms with Crippen molar-refractivity contribution in [1.82, 2.24) is 0 Å². The fraction of sp³-hybridized carbons (Fsp3) is 0. The van der Waals surface area contributed by atoms with Gasteiger partial charge in [0.05, 0.1) is 0 Å². The van der Waals surface area contributed by atoms with Gasteiger partial charge in [-0.05, 0) is 0 Å². The van der Waals surface area contributed by atoms with Crippen molar-refractivity contribution in [2.24, 2.45) is 0 Å². The molecule has 0 aromatic heterocycles. The molecule has 0 aromatic rings. The summed E-state index contributed by atoms with van der Waals surface area (Å²) in [5.41, 5.74) is 0. The summed E-state index contributed by atoms with van der Waals surface area (Å²) in [6, 6.07) is 0. The number of rotatable bonds is 0. The first kappa shape index (κ1) is 8.83. The first-order valence-electron chi connectivity index (χ1n) is 0.524. The van der Waals surface area contributed by atoms with Gasteiger partial charge < -0.3 is 4.46 Å². The van der Waals surface area contributed by atoms with Crippen LogP contribution in [0.25, 0.3) is 0 Å². The summed E-state index contributed by atoms with van der Waals surface area (Å²) >= 11 is 0.125. The molecule has 4 heteroatoms. The van der Waals surface area contributed by atoms with Crippen LogP contribution in [0.15, 0.2) is 0 Å². The van der Waals surface area contributed by atoms with Gasteiger partial charge in [-0.25, -0.2) is 0 Å². The molecule has 0 aliphatic rings. The first-order valence-corrected chi connectivity index (χ1v) is 2.21. The molecule has 0 rings (SSSR count). The van der Waals surface area contributed by atoms with Crippen LogP contribution in [0.4, 0.5) is 0 Å². The average molecular weight is 126 g/mol. The van der Waals surface area contributed by atoms with Gasteiger partial charge in [0.1, 0.15) is 0 Å². The Morgan fingerprint density at radius 2 is 1.25 bits per heavy atom. The molecule has 0 saturated carbocycles. The normalized spacial score (nSPS) is 2.50. The molecule has 0 N–H and O–H groups in total. The van der Waals surface area contributed by atoms with E-state index in [1.165, 1.54) is 10.1 Å². The number of hydrogen-bond acceptors (Lipinski definition) is 2. The van der Waals surface area contributed by atoms with Gasteiger partial charge in [-0.2, -0.15) is 0 Å². The van der Waals surface area contributed by atoms with Crippen molar-refractivity contribution in [3.63, 3.8) is 0 Å². The molecule has 1 radical (unpaired) electrons. The zero-order valence-electron chi connectivity index (χ0n) is 2.10. The second kappa shape index (κ2) is 106. The van der Waals surface area contributed by atoms with E-state index in [9.17, 15) is 0 Å². The average Bonchev–Trinajstić information content (AvgIpc) is 1.50.